The summed E-state index contributed by atoms with van der Waals surface area (Å²) in [6.45, 7) is 4.48. The summed E-state index contributed by atoms with van der Waals surface area (Å²) in [4.78, 5) is 25.0. The number of rotatable bonds is 6. The molecule has 0 unspecified atom stereocenters. The summed E-state index contributed by atoms with van der Waals surface area (Å²) < 4.78 is 0. The molecule has 1 heterocycles. The van der Waals surface area contributed by atoms with Gasteiger partial charge in [0.05, 0.1) is 12.8 Å². The van der Waals surface area contributed by atoms with Crippen LogP contribution in [0, 0.1) is 0 Å². The minimum absolute atomic E-state index is 0. The molecule has 6 nitrogen and oxygen atoms in total. The molecule has 0 aromatic rings. The van der Waals surface area contributed by atoms with E-state index in [0.29, 0.717) is 13.1 Å². The van der Waals surface area contributed by atoms with Gasteiger partial charge in [0.2, 0.25) is 0 Å². The highest BCUT2D eigenvalue weighted by molar-refractivity contribution is 5.85. The van der Waals surface area contributed by atoms with Crippen molar-refractivity contribution in [3.63, 3.8) is 0 Å². The Morgan fingerprint density at radius 3 is 1.35 bits per heavy atom. The molecule has 100 valence electrons. The summed E-state index contributed by atoms with van der Waals surface area (Å²) in [6, 6.07) is 0. The minimum atomic E-state index is -0.770. The van der Waals surface area contributed by atoms with Crippen molar-refractivity contribution in [3.05, 3.63) is 0 Å². The Morgan fingerprint density at radius 1 is 0.824 bits per heavy atom. The van der Waals surface area contributed by atoms with Crippen molar-refractivity contribution >= 4 is 24.3 Å². The Balaban J connectivity index is 0.00000256. The highest BCUT2D eigenvalue weighted by atomic mass is 35.5. The zero-order valence-corrected chi connectivity index (χ0v) is 10.5. The third-order valence-electron chi connectivity index (χ3n) is 2.75. The van der Waals surface area contributed by atoms with E-state index in [-0.39, 0.29) is 25.2 Å². The predicted molar refractivity (Wildman–Crippen MR) is 64.6 cm³/mol. The molecule has 0 aromatic heterocycles. The second-order valence-corrected chi connectivity index (χ2v) is 3.97. The Kier molecular flexibility index (Phi) is 7.86. The van der Waals surface area contributed by atoms with Crippen LogP contribution in [0.1, 0.15) is 12.8 Å². The van der Waals surface area contributed by atoms with E-state index in [0.717, 1.165) is 26.2 Å². The number of nitrogens with zero attached hydrogens (tertiary/aromatic N) is 2. The monoisotopic (exact) mass is 266 g/mol. The maximum Gasteiger partial charge on any atom is 0.304 e. The van der Waals surface area contributed by atoms with E-state index >= 15 is 0 Å². The quantitative estimate of drug-likeness (QED) is 0.703. The first-order chi connectivity index (χ1) is 7.58. The van der Waals surface area contributed by atoms with E-state index in [1.807, 2.05) is 0 Å². The van der Waals surface area contributed by atoms with Crippen molar-refractivity contribution in [1.29, 1.82) is 0 Å². The molecule has 0 bridgehead atoms. The van der Waals surface area contributed by atoms with Gasteiger partial charge in [0, 0.05) is 39.3 Å². The van der Waals surface area contributed by atoms with Crippen LogP contribution >= 0.6 is 12.4 Å². The lowest BCUT2D eigenvalue weighted by molar-refractivity contribution is -0.138. The molecule has 1 rings (SSSR count). The van der Waals surface area contributed by atoms with Gasteiger partial charge in [-0.25, -0.2) is 0 Å². The van der Waals surface area contributed by atoms with Gasteiger partial charge >= 0.3 is 11.9 Å². The van der Waals surface area contributed by atoms with Crippen molar-refractivity contribution in [2.75, 3.05) is 39.3 Å². The average molecular weight is 267 g/mol. The summed E-state index contributed by atoms with van der Waals surface area (Å²) in [7, 11) is 0. The molecule has 17 heavy (non-hydrogen) atoms. The lowest BCUT2D eigenvalue weighted by Gasteiger charge is -2.34. The van der Waals surface area contributed by atoms with Gasteiger partial charge in [-0.15, -0.1) is 12.4 Å². The molecule has 0 radical (unpaired) electrons. The lowest BCUT2D eigenvalue weighted by Crippen LogP contribution is -2.47. The van der Waals surface area contributed by atoms with Crippen LogP contribution in [0.3, 0.4) is 0 Å². The highest BCUT2D eigenvalue weighted by Crippen LogP contribution is 2.03. The van der Waals surface area contributed by atoms with E-state index < -0.39 is 11.9 Å². The van der Waals surface area contributed by atoms with Crippen LogP contribution in [-0.4, -0.2) is 71.2 Å². The number of carboxylic acid groups (broad SMARTS) is 2. The molecule has 1 aliphatic rings. The van der Waals surface area contributed by atoms with Crippen molar-refractivity contribution in [3.8, 4) is 0 Å². The Hall–Kier alpha value is -0.850. The van der Waals surface area contributed by atoms with Gasteiger partial charge < -0.3 is 20.0 Å². The van der Waals surface area contributed by atoms with Crippen molar-refractivity contribution in [2.45, 2.75) is 12.8 Å². The van der Waals surface area contributed by atoms with Crippen molar-refractivity contribution < 1.29 is 19.8 Å². The van der Waals surface area contributed by atoms with Crippen LogP contribution in [0.25, 0.3) is 0 Å². The zero-order valence-electron chi connectivity index (χ0n) is 9.67. The number of hydrogen-bond donors (Lipinski definition) is 2. The third kappa shape index (κ3) is 7.14. The number of aliphatic carboxylic acids is 2. The fourth-order valence-electron chi connectivity index (χ4n) is 1.74. The van der Waals surface area contributed by atoms with Gasteiger partial charge in [0.25, 0.3) is 0 Å². The molecular weight excluding hydrogens is 248 g/mol. The maximum absolute atomic E-state index is 10.4. The summed E-state index contributed by atoms with van der Waals surface area (Å²) in [5.74, 6) is -1.54. The predicted octanol–water partition coefficient (Wildman–Crippen LogP) is -0.0248. The van der Waals surface area contributed by atoms with Crippen LogP contribution in [0.2, 0.25) is 0 Å². The van der Waals surface area contributed by atoms with Gasteiger partial charge in [0.15, 0.2) is 0 Å². The molecule has 0 aromatic carbocycles. The Labute approximate surface area is 107 Å². The maximum atomic E-state index is 10.4. The molecule has 0 spiro atoms. The second-order valence-electron chi connectivity index (χ2n) is 3.97. The average Bonchev–Trinajstić information content (AvgIpc) is 2.25. The standard InChI is InChI=1S/C10H18N2O4.ClH/c13-9(14)1-3-11-5-7-12(8-6-11)4-2-10(15)16;/h1-8H2,(H,13,14)(H,15,16);1H. The normalized spacial score (nSPS) is 17.4. The van der Waals surface area contributed by atoms with Gasteiger partial charge in [-0.05, 0) is 0 Å². The van der Waals surface area contributed by atoms with Gasteiger partial charge in [-0.3, -0.25) is 9.59 Å². The number of piperazine rings is 1. The molecule has 0 aliphatic carbocycles. The van der Waals surface area contributed by atoms with Crippen LogP contribution in [0.15, 0.2) is 0 Å². The molecule has 2 N–H and O–H groups in total. The van der Waals surface area contributed by atoms with E-state index in [9.17, 15) is 9.59 Å². The van der Waals surface area contributed by atoms with Crippen LogP contribution in [-0.2, 0) is 9.59 Å². The molecule has 7 heteroatoms. The van der Waals surface area contributed by atoms with Gasteiger partial charge in [0.1, 0.15) is 0 Å². The molecule has 1 fully saturated rings. The smallest absolute Gasteiger partial charge is 0.304 e. The topological polar surface area (TPSA) is 81.1 Å². The molecule has 1 aliphatic heterocycles. The molecular formula is C10H19ClN2O4. The van der Waals surface area contributed by atoms with Gasteiger partial charge in [-0.2, -0.15) is 0 Å². The van der Waals surface area contributed by atoms with E-state index in [2.05, 4.69) is 9.80 Å². The van der Waals surface area contributed by atoms with Crippen LogP contribution in [0.5, 0.6) is 0 Å². The van der Waals surface area contributed by atoms with Crippen molar-refractivity contribution in [2.24, 2.45) is 0 Å². The van der Waals surface area contributed by atoms with E-state index in [1.165, 1.54) is 0 Å². The minimum Gasteiger partial charge on any atom is -0.481 e. The first-order valence-electron chi connectivity index (χ1n) is 5.46. The zero-order chi connectivity index (χ0) is 12.0. The molecule has 0 amide bonds. The third-order valence-corrected chi connectivity index (χ3v) is 2.75. The fourth-order valence-corrected chi connectivity index (χ4v) is 1.74. The number of carboxylic acids is 2. The molecule has 0 atom stereocenters. The first kappa shape index (κ1) is 16.1. The number of carbonyl (C=O) groups is 2. The molecule has 0 saturated carbocycles. The van der Waals surface area contributed by atoms with E-state index in [1.54, 1.807) is 0 Å². The first-order valence-corrected chi connectivity index (χ1v) is 5.46. The van der Waals surface area contributed by atoms with Crippen LogP contribution in [0.4, 0.5) is 0 Å². The molecule has 1 saturated heterocycles. The Morgan fingerprint density at radius 2 is 1.12 bits per heavy atom. The Bertz CT molecular complexity index is 229. The SMILES string of the molecule is Cl.O=C(O)CCN1CCN(CCC(=O)O)CC1. The lowest BCUT2D eigenvalue weighted by atomic mass is 10.2. The highest BCUT2D eigenvalue weighted by Gasteiger charge is 2.17. The summed E-state index contributed by atoms with van der Waals surface area (Å²) in [5, 5.41) is 17.1. The van der Waals surface area contributed by atoms with Gasteiger partial charge in [-0.1, -0.05) is 0 Å². The second kappa shape index (κ2) is 8.27. The summed E-state index contributed by atoms with van der Waals surface area (Å²) >= 11 is 0. The largest absolute Gasteiger partial charge is 0.481 e. The number of halogens is 1. The summed E-state index contributed by atoms with van der Waals surface area (Å²) in [6.07, 6.45) is 0.351. The fraction of sp³-hybridized carbons (Fsp3) is 0.800. The van der Waals surface area contributed by atoms with Crippen molar-refractivity contribution in [1.82, 2.24) is 9.80 Å². The summed E-state index contributed by atoms with van der Waals surface area (Å²) in [5.41, 5.74) is 0. The number of hydrogen-bond acceptors (Lipinski definition) is 4. The van der Waals surface area contributed by atoms with E-state index in [4.69, 9.17) is 10.2 Å². The van der Waals surface area contributed by atoms with Crippen LogP contribution < -0.4 is 0 Å².